The summed E-state index contributed by atoms with van der Waals surface area (Å²) in [6, 6.07) is 6.10. The molecular weight excluding hydrogens is 170 g/mol. The second kappa shape index (κ2) is 4.56. The Morgan fingerprint density at radius 2 is 1.93 bits per heavy atom. The summed E-state index contributed by atoms with van der Waals surface area (Å²) in [6.45, 7) is 9.31. The van der Waals surface area contributed by atoms with E-state index in [1.165, 1.54) is 0 Å². The molecule has 0 unspecified atom stereocenters. The minimum Gasteiger partial charge on any atom is -0.310 e. The van der Waals surface area contributed by atoms with E-state index in [1.54, 1.807) is 0 Å². The van der Waals surface area contributed by atoms with Crippen LogP contribution in [0.3, 0.4) is 0 Å². The first kappa shape index (κ1) is 10.5. The van der Waals surface area contributed by atoms with Gasteiger partial charge in [-0.25, -0.2) is 0 Å². The highest BCUT2D eigenvalue weighted by Gasteiger charge is 1.99. The molecule has 0 aromatic heterocycles. The van der Waals surface area contributed by atoms with Gasteiger partial charge in [0.15, 0.2) is 0 Å². The summed E-state index contributed by atoms with van der Waals surface area (Å²) in [7, 11) is 0. The summed E-state index contributed by atoms with van der Waals surface area (Å²) in [5.41, 5.74) is 3.99. The fourth-order valence-electron chi connectivity index (χ4n) is 1.40. The molecule has 0 aliphatic carbocycles. The van der Waals surface area contributed by atoms with Gasteiger partial charge in [-0.2, -0.15) is 0 Å². The minimum atomic E-state index is 0.673. The molecule has 0 saturated heterocycles. The molecule has 0 saturated carbocycles. The minimum absolute atomic E-state index is 0.673. The van der Waals surface area contributed by atoms with E-state index in [1.807, 2.05) is 31.2 Å². The number of hydrogen-bond acceptors (Lipinski definition) is 1. The van der Waals surface area contributed by atoms with Gasteiger partial charge in [0, 0.05) is 12.1 Å². The van der Waals surface area contributed by atoms with E-state index in [-0.39, 0.29) is 0 Å². The molecule has 1 rings (SSSR count). The maximum Gasteiger partial charge on any atom is 0.0102 e. The van der Waals surface area contributed by atoms with Crippen LogP contribution in [0.4, 0.5) is 0 Å². The first-order valence-electron chi connectivity index (χ1n) is 4.59. The predicted octanol–water partition coefficient (Wildman–Crippen LogP) is 3.55. The number of benzene rings is 1. The Bertz CT molecular complexity index is 375. The van der Waals surface area contributed by atoms with Gasteiger partial charge in [0.25, 0.3) is 0 Å². The number of nitrogens with one attached hydrogen (secondary N) is 1. The molecule has 0 fully saturated rings. The SMILES string of the molecule is C=Cc1ccc(CC(C)=N)cc1C=C. The van der Waals surface area contributed by atoms with Crippen LogP contribution in [0.5, 0.6) is 0 Å². The van der Waals surface area contributed by atoms with E-state index >= 15 is 0 Å². The van der Waals surface area contributed by atoms with Crippen molar-refractivity contribution in [2.75, 3.05) is 0 Å². The van der Waals surface area contributed by atoms with Crippen LogP contribution in [0, 0.1) is 5.41 Å². The van der Waals surface area contributed by atoms with E-state index in [0.717, 1.165) is 16.7 Å². The summed E-state index contributed by atoms with van der Waals surface area (Å²) >= 11 is 0. The lowest BCUT2D eigenvalue weighted by Crippen LogP contribution is -1.96. The molecule has 72 valence electrons. The lowest BCUT2D eigenvalue weighted by molar-refractivity contribution is 1.26. The Labute approximate surface area is 85.3 Å². The molecule has 0 spiro atoms. The Morgan fingerprint density at radius 3 is 2.43 bits per heavy atom. The highest BCUT2D eigenvalue weighted by atomic mass is 14.4. The lowest BCUT2D eigenvalue weighted by Gasteiger charge is -2.04. The monoisotopic (exact) mass is 185 g/mol. The van der Waals surface area contributed by atoms with Gasteiger partial charge in [0.2, 0.25) is 0 Å². The maximum absolute atomic E-state index is 7.41. The van der Waals surface area contributed by atoms with Crippen molar-refractivity contribution < 1.29 is 0 Å². The molecule has 0 bridgehead atoms. The molecule has 1 aromatic carbocycles. The zero-order valence-corrected chi connectivity index (χ0v) is 8.51. The Hall–Kier alpha value is -1.63. The van der Waals surface area contributed by atoms with Crippen LogP contribution >= 0.6 is 0 Å². The Kier molecular flexibility index (Phi) is 3.41. The summed E-state index contributed by atoms with van der Waals surface area (Å²) in [4.78, 5) is 0. The van der Waals surface area contributed by atoms with Crippen LogP contribution in [0.15, 0.2) is 31.4 Å². The van der Waals surface area contributed by atoms with Crippen molar-refractivity contribution in [1.29, 1.82) is 5.41 Å². The largest absolute Gasteiger partial charge is 0.310 e. The zero-order chi connectivity index (χ0) is 10.6. The smallest absolute Gasteiger partial charge is 0.0102 e. The van der Waals surface area contributed by atoms with E-state index < -0.39 is 0 Å². The number of rotatable bonds is 4. The van der Waals surface area contributed by atoms with Gasteiger partial charge in [0.05, 0.1) is 0 Å². The molecule has 0 amide bonds. The van der Waals surface area contributed by atoms with E-state index in [9.17, 15) is 0 Å². The highest BCUT2D eigenvalue weighted by Crippen LogP contribution is 2.15. The first-order valence-corrected chi connectivity index (χ1v) is 4.59. The molecular formula is C13H15N. The summed E-state index contributed by atoms with van der Waals surface area (Å²) < 4.78 is 0. The third-order valence-electron chi connectivity index (χ3n) is 2.06. The molecule has 0 aliphatic heterocycles. The first-order chi connectivity index (χ1) is 6.67. The molecule has 1 N–H and O–H groups in total. The Morgan fingerprint density at radius 1 is 1.29 bits per heavy atom. The molecule has 0 atom stereocenters. The van der Waals surface area contributed by atoms with Crippen LogP contribution in [0.25, 0.3) is 12.2 Å². The second-order valence-corrected chi connectivity index (χ2v) is 3.33. The van der Waals surface area contributed by atoms with Gasteiger partial charge in [-0.05, 0) is 23.6 Å². The standard InChI is InChI=1S/C13H15N/c1-4-12-7-6-11(8-10(3)14)9-13(12)5-2/h4-7,9,14H,1-2,8H2,3H3. The van der Waals surface area contributed by atoms with Gasteiger partial charge in [-0.3, -0.25) is 0 Å². The predicted molar refractivity (Wildman–Crippen MR) is 63.7 cm³/mol. The average Bonchev–Trinajstić information content (AvgIpc) is 2.16. The molecule has 1 aromatic rings. The fourth-order valence-corrected chi connectivity index (χ4v) is 1.40. The Balaban J connectivity index is 3.07. The van der Waals surface area contributed by atoms with Gasteiger partial charge in [0.1, 0.15) is 0 Å². The summed E-state index contributed by atoms with van der Waals surface area (Å²) in [5.74, 6) is 0. The molecule has 0 aliphatic rings. The third-order valence-corrected chi connectivity index (χ3v) is 2.06. The van der Waals surface area contributed by atoms with Crippen molar-refractivity contribution in [2.24, 2.45) is 0 Å². The molecule has 1 heteroatoms. The van der Waals surface area contributed by atoms with E-state index in [0.29, 0.717) is 12.1 Å². The van der Waals surface area contributed by atoms with Crippen molar-refractivity contribution in [2.45, 2.75) is 13.3 Å². The fraction of sp³-hybridized carbons (Fsp3) is 0.154. The topological polar surface area (TPSA) is 23.9 Å². The molecule has 0 heterocycles. The van der Waals surface area contributed by atoms with Crippen LogP contribution in [-0.2, 0) is 6.42 Å². The molecule has 1 nitrogen and oxygen atoms in total. The quantitative estimate of drug-likeness (QED) is 0.693. The van der Waals surface area contributed by atoms with Crippen molar-refractivity contribution in [3.8, 4) is 0 Å². The highest BCUT2D eigenvalue weighted by molar-refractivity contribution is 5.81. The third kappa shape index (κ3) is 2.43. The van der Waals surface area contributed by atoms with Gasteiger partial charge >= 0.3 is 0 Å². The van der Waals surface area contributed by atoms with Gasteiger partial charge in [-0.15, -0.1) is 0 Å². The van der Waals surface area contributed by atoms with Crippen LogP contribution in [0.2, 0.25) is 0 Å². The maximum atomic E-state index is 7.41. The van der Waals surface area contributed by atoms with Crippen LogP contribution in [-0.4, -0.2) is 5.71 Å². The summed E-state index contributed by atoms with van der Waals surface area (Å²) in [5, 5.41) is 7.41. The van der Waals surface area contributed by atoms with Crippen molar-refractivity contribution in [3.63, 3.8) is 0 Å². The van der Waals surface area contributed by atoms with Gasteiger partial charge < -0.3 is 5.41 Å². The molecule has 0 radical (unpaired) electrons. The van der Waals surface area contributed by atoms with Crippen LogP contribution in [0.1, 0.15) is 23.6 Å². The molecule has 14 heavy (non-hydrogen) atoms. The van der Waals surface area contributed by atoms with E-state index in [4.69, 9.17) is 5.41 Å². The van der Waals surface area contributed by atoms with E-state index in [2.05, 4.69) is 19.2 Å². The second-order valence-electron chi connectivity index (χ2n) is 3.33. The number of hydrogen-bond donors (Lipinski definition) is 1. The van der Waals surface area contributed by atoms with Crippen molar-refractivity contribution >= 4 is 17.9 Å². The normalized spacial score (nSPS) is 9.50. The summed E-state index contributed by atoms with van der Waals surface area (Å²) in [6.07, 6.45) is 4.34. The van der Waals surface area contributed by atoms with Crippen LogP contribution < -0.4 is 0 Å². The van der Waals surface area contributed by atoms with Crippen molar-refractivity contribution in [1.82, 2.24) is 0 Å². The van der Waals surface area contributed by atoms with Crippen molar-refractivity contribution in [3.05, 3.63) is 48.0 Å². The zero-order valence-electron chi connectivity index (χ0n) is 8.51. The van der Waals surface area contributed by atoms with Gasteiger partial charge in [-0.1, -0.05) is 43.5 Å². The average molecular weight is 185 g/mol. The lowest BCUT2D eigenvalue weighted by atomic mass is 10.0.